The lowest BCUT2D eigenvalue weighted by Gasteiger charge is -2.33. The Balaban J connectivity index is 1.09. The molecule has 8 nitrogen and oxygen atoms in total. The van der Waals surface area contributed by atoms with E-state index in [1.54, 1.807) is 16.2 Å². The molecule has 2 aromatic heterocycles. The molecule has 3 heterocycles. The van der Waals surface area contributed by atoms with Crippen molar-refractivity contribution in [1.29, 1.82) is 0 Å². The molecule has 2 aromatic carbocycles. The summed E-state index contributed by atoms with van der Waals surface area (Å²) >= 11 is 1.62. The molecular formula is C31H35N3O5S. The van der Waals surface area contributed by atoms with Gasteiger partial charge in [-0.1, -0.05) is 12.1 Å². The van der Waals surface area contributed by atoms with E-state index in [-0.39, 0.29) is 18.1 Å². The second kappa shape index (κ2) is 11.6. The molecular weight excluding hydrogens is 526 g/mol. The largest absolute Gasteiger partial charge is 0.490 e. The molecule has 0 radical (unpaired) electrons. The van der Waals surface area contributed by atoms with E-state index in [0.29, 0.717) is 25.4 Å². The minimum Gasteiger partial charge on any atom is -0.490 e. The lowest BCUT2D eigenvalue weighted by Crippen LogP contribution is -2.44. The first kappa shape index (κ1) is 27.6. The second-order valence-corrected chi connectivity index (χ2v) is 11.9. The van der Waals surface area contributed by atoms with Crippen molar-refractivity contribution >= 4 is 39.2 Å². The van der Waals surface area contributed by atoms with Gasteiger partial charge in [-0.15, -0.1) is 11.3 Å². The van der Waals surface area contributed by atoms with Crippen LogP contribution in [0.2, 0.25) is 0 Å². The molecule has 0 saturated carbocycles. The van der Waals surface area contributed by atoms with Crippen LogP contribution >= 0.6 is 11.3 Å². The third-order valence-corrected chi connectivity index (χ3v) is 7.56. The first-order valence-electron chi connectivity index (χ1n) is 13.5. The molecule has 1 aliphatic heterocycles. The van der Waals surface area contributed by atoms with E-state index in [4.69, 9.17) is 14.2 Å². The first-order valence-corrected chi connectivity index (χ1v) is 14.3. The summed E-state index contributed by atoms with van der Waals surface area (Å²) in [4.78, 5) is 26.9. The van der Waals surface area contributed by atoms with Crippen LogP contribution in [-0.2, 0) is 18.4 Å². The summed E-state index contributed by atoms with van der Waals surface area (Å²) in [5, 5.41) is 5.02. The number of carbonyl (C=O) groups is 2. The molecule has 0 unspecified atom stereocenters. The SMILES string of the molecule is Cn1c(C(=O)Nc2cccc(COc3ccc(OC4CCN(C(=O)OC(C)(C)C)CC4)cc3)c2)cc2sccc21. The van der Waals surface area contributed by atoms with E-state index in [0.717, 1.165) is 45.8 Å². The van der Waals surface area contributed by atoms with Gasteiger partial charge >= 0.3 is 6.09 Å². The molecule has 0 bridgehead atoms. The summed E-state index contributed by atoms with van der Waals surface area (Å²) in [6.45, 7) is 7.22. The number of nitrogens with zero attached hydrogens (tertiary/aromatic N) is 2. The third-order valence-electron chi connectivity index (χ3n) is 6.71. The fourth-order valence-electron chi connectivity index (χ4n) is 4.66. The molecule has 0 atom stereocenters. The summed E-state index contributed by atoms with van der Waals surface area (Å²) < 4.78 is 20.6. The van der Waals surface area contributed by atoms with Gasteiger partial charge in [0.25, 0.3) is 5.91 Å². The highest BCUT2D eigenvalue weighted by molar-refractivity contribution is 7.17. The Morgan fingerprint density at radius 3 is 2.42 bits per heavy atom. The maximum absolute atomic E-state index is 12.9. The van der Waals surface area contributed by atoms with Crippen LogP contribution in [0.15, 0.2) is 66.0 Å². The molecule has 0 spiro atoms. The number of carbonyl (C=O) groups excluding carboxylic acids is 2. The molecule has 210 valence electrons. The van der Waals surface area contributed by atoms with Gasteiger partial charge in [0.05, 0.1) is 10.2 Å². The van der Waals surface area contributed by atoms with Crippen molar-refractivity contribution in [3.05, 3.63) is 77.3 Å². The smallest absolute Gasteiger partial charge is 0.410 e. The van der Waals surface area contributed by atoms with Gasteiger partial charge in [0, 0.05) is 38.7 Å². The van der Waals surface area contributed by atoms with Crippen molar-refractivity contribution in [2.45, 2.75) is 51.9 Å². The summed E-state index contributed by atoms with van der Waals surface area (Å²) in [5.74, 6) is 1.36. The zero-order valence-corrected chi connectivity index (χ0v) is 24.1. The van der Waals surface area contributed by atoms with Crippen molar-refractivity contribution < 1.29 is 23.8 Å². The van der Waals surface area contributed by atoms with Crippen LogP contribution in [0.5, 0.6) is 11.5 Å². The van der Waals surface area contributed by atoms with E-state index < -0.39 is 5.60 Å². The predicted molar refractivity (Wildman–Crippen MR) is 157 cm³/mol. The molecule has 1 fully saturated rings. The number of nitrogens with one attached hydrogen (secondary N) is 1. The lowest BCUT2D eigenvalue weighted by atomic mass is 10.1. The number of benzene rings is 2. The molecule has 0 aliphatic carbocycles. The summed E-state index contributed by atoms with van der Waals surface area (Å²) in [5.41, 5.74) is 2.85. The van der Waals surface area contributed by atoms with Crippen LogP contribution in [0.3, 0.4) is 0 Å². The van der Waals surface area contributed by atoms with E-state index in [9.17, 15) is 9.59 Å². The fourth-order valence-corrected chi connectivity index (χ4v) is 5.51. The van der Waals surface area contributed by atoms with Crippen molar-refractivity contribution in [1.82, 2.24) is 9.47 Å². The van der Waals surface area contributed by atoms with E-state index >= 15 is 0 Å². The topological polar surface area (TPSA) is 82.0 Å². The monoisotopic (exact) mass is 561 g/mol. The van der Waals surface area contributed by atoms with Gasteiger partial charge in [-0.2, -0.15) is 0 Å². The number of thiophene rings is 1. The average Bonchev–Trinajstić information content (AvgIpc) is 3.51. The molecule has 1 saturated heterocycles. The molecule has 40 heavy (non-hydrogen) atoms. The average molecular weight is 562 g/mol. The Kier molecular flexibility index (Phi) is 8.02. The molecule has 9 heteroatoms. The first-order chi connectivity index (χ1) is 19.1. The van der Waals surface area contributed by atoms with Crippen molar-refractivity contribution in [3.63, 3.8) is 0 Å². The summed E-state index contributed by atoms with van der Waals surface area (Å²) in [6, 6.07) is 19.2. The minimum atomic E-state index is -0.493. The number of ether oxygens (including phenoxy) is 3. The Morgan fingerprint density at radius 2 is 1.73 bits per heavy atom. The van der Waals surface area contributed by atoms with Crippen LogP contribution in [0, 0.1) is 0 Å². The number of amides is 2. The van der Waals surface area contributed by atoms with Crippen LogP contribution in [0.1, 0.15) is 49.7 Å². The maximum atomic E-state index is 12.9. The van der Waals surface area contributed by atoms with Crippen molar-refractivity contribution in [3.8, 4) is 11.5 Å². The number of fused-ring (bicyclic) bond motifs is 1. The third kappa shape index (κ3) is 6.77. The van der Waals surface area contributed by atoms with Gasteiger partial charge in [0.1, 0.15) is 35.5 Å². The number of rotatable bonds is 7. The Labute approximate surface area is 238 Å². The number of piperidine rings is 1. The molecule has 2 amide bonds. The van der Waals surface area contributed by atoms with Gasteiger partial charge in [-0.3, -0.25) is 4.79 Å². The van der Waals surface area contributed by atoms with Crippen LogP contribution in [-0.4, -0.2) is 46.3 Å². The summed E-state index contributed by atoms with van der Waals surface area (Å²) in [7, 11) is 1.90. The van der Waals surface area contributed by atoms with E-state index in [1.807, 2.05) is 98.4 Å². The molecule has 4 aromatic rings. The second-order valence-electron chi connectivity index (χ2n) is 11.0. The van der Waals surface area contributed by atoms with Crippen LogP contribution in [0.25, 0.3) is 10.2 Å². The van der Waals surface area contributed by atoms with Crippen molar-refractivity contribution in [2.24, 2.45) is 7.05 Å². The Morgan fingerprint density at radius 1 is 1.00 bits per heavy atom. The highest BCUT2D eigenvalue weighted by Gasteiger charge is 2.27. The number of likely N-dealkylation sites (tertiary alicyclic amines) is 1. The number of hydrogen-bond acceptors (Lipinski definition) is 6. The Hall–Kier alpha value is -3.98. The lowest BCUT2D eigenvalue weighted by molar-refractivity contribution is 0.0126. The maximum Gasteiger partial charge on any atom is 0.410 e. The number of anilines is 1. The van der Waals surface area contributed by atoms with Crippen LogP contribution < -0.4 is 14.8 Å². The van der Waals surface area contributed by atoms with Gasteiger partial charge in [-0.25, -0.2) is 4.79 Å². The highest BCUT2D eigenvalue weighted by Crippen LogP contribution is 2.26. The van der Waals surface area contributed by atoms with Crippen LogP contribution in [0.4, 0.5) is 10.5 Å². The molecule has 5 rings (SSSR count). The predicted octanol–water partition coefficient (Wildman–Crippen LogP) is 6.85. The standard InChI is InChI=1S/C31H35N3O5S/c1-31(2,3)39-30(36)34-15-12-25(13-16-34)38-24-10-8-23(9-11-24)37-20-21-6-5-7-22(18-21)32-29(35)27-19-28-26(33(27)4)14-17-40-28/h5-11,14,17-19,25H,12-13,15-16,20H2,1-4H3,(H,32,35). The fraction of sp³-hybridized carbons (Fsp3) is 0.355. The highest BCUT2D eigenvalue weighted by atomic mass is 32.1. The quantitative estimate of drug-likeness (QED) is 0.267. The Bertz CT molecular complexity index is 1480. The van der Waals surface area contributed by atoms with Gasteiger partial charge < -0.3 is 29.0 Å². The summed E-state index contributed by atoms with van der Waals surface area (Å²) in [6.07, 6.45) is 1.30. The van der Waals surface area contributed by atoms with E-state index in [1.165, 1.54) is 0 Å². The van der Waals surface area contributed by atoms with Gasteiger partial charge in [-0.05, 0) is 80.2 Å². The van der Waals surface area contributed by atoms with E-state index in [2.05, 4.69) is 5.32 Å². The minimum absolute atomic E-state index is 0.0511. The molecule has 1 N–H and O–H groups in total. The van der Waals surface area contributed by atoms with Gasteiger partial charge in [0.2, 0.25) is 0 Å². The van der Waals surface area contributed by atoms with Crippen molar-refractivity contribution in [2.75, 3.05) is 18.4 Å². The zero-order chi connectivity index (χ0) is 28.3. The van der Waals surface area contributed by atoms with Gasteiger partial charge in [0.15, 0.2) is 0 Å². The number of hydrogen-bond donors (Lipinski definition) is 1. The molecule has 1 aliphatic rings. The zero-order valence-electron chi connectivity index (χ0n) is 23.3. The normalized spacial score (nSPS) is 14.2. The number of aromatic nitrogens is 1. The number of aryl methyl sites for hydroxylation is 1.